The summed E-state index contributed by atoms with van der Waals surface area (Å²) in [5.41, 5.74) is -0.367. The number of alkyl halides is 3. The summed E-state index contributed by atoms with van der Waals surface area (Å²) in [6.07, 6.45) is -3.13. The highest BCUT2D eigenvalue weighted by Gasteiger charge is 2.33. The molecule has 154 valence electrons. The second-order valence-corrected chi connectivity index (χ2v) is 7.43. The molecule has 0 bridgehead atoms. The summed E-state index contributed by atoms with van der Waals surface area (Å²) in [5, 5.41) is 12.8. The zero-order chi connectivity index (χ0) is 22.1. The van der Waals surface area contributed by atoms with Crippen molar-refractivity contribution in [1.29, 1.82) is 5.26 Å². The molecule has 11 heteroatoms. The summed E-state index contributed by atoms with van der Waals surface area (Å²) in [4.78, 5) is 4.33. The van der Waals surface area contributed by atoms with E-state index in [2.05, 4.69) is 26.0 Å². The fourth-order valence-electron chi connectivity index (χ4n) is 2.49. The van der Waals surface area contributed by atoms with Crippen LogP contribution in [-0.2, 0) is 6.18 Å². The fourth-order valence-corrected chi connectivity index (χ4v) is 3.57. The predicted molar refractivity (Wildman–Crippen MR) is 111 cm³/mol. The van der Waals surface area contributed by atoms with Gasteiger partial charge in [-0.1, -0.05) is 23.2 Å². The minimum Gasteiger partial charge on any atom is -0.497 e. The lowest BCUT2D eigenvalue weighted by Gasteiger charge is -2.13. The zero-order valence-electron chi connectivity index (χ0n) is 15.0. The summed E-state index contributed by atoms with van der Waals surface area (Å²) in [6.45, 7) is 0. The molecule has 0 saturated heterocycles. The Bertz CT molecular complexity index is 1150. The third-order valence-corrected chi connectivity index (χ3v) is 5.22. The van der Waals surface area contributed by atoms with Crippen LogP contribution in [0.25, 0.3) is 5.69 Å². The molecule has 5 nitrogen and oxygen atoms in total. The predicted octanol–water partition coefficient (Wildman–Crippen LogP) is 6.59. The number of hydrogen-bond acceptors (Lipinski definition) is 4. The number of rotatable bonds is 4. The van der Waals surface area contributed by atoms with Crippen LogP contribution in [0.5, 0.6) is 5.75 Å². The Hall–Kier alpha value is -2.54. The number of aromatic nitrogens is 2. The number of hydrogen-bond donors (Lipinski definition) is 0. The topological polar surface area (TPSA) is 63.2 Å². The van der Waals surface area contributed by atoms with Gasteiger partial charge in [0.1, 0.15) is 22.0 Å². The molecule has 0 unspecified atom stereocenters. The first-order valence-electron chi connectivity index (χ1n) is 8.09. The number of methoxy groups -OCH3 is 1. The lowest BCUT2D eigenvalue weighted by molar-refractivity contribution is -0.137. The van der Waals surface area contributed by atoms with E-state index in [1.807, 2.05) is 6.07 Å². The molecule has 0 fully saturated rings. The summed E-state index contributed by atoms with van der Waals surface area (Å²) < 4.78 is 45.5. The van der Waals surface area contributed by atoms with Crippen LogP contribution in [0.15, 0.2) is 45.9 Å². The van der Waals surface area contributed by atoms with Gasteiger partial charge in [0.15, 0.2) is 11.5 Å². The van der Waals surface area contributed by atoms with Gasteiger partial charge in [0.05, 0.1) is 22.7 Å². The quantitative estimate of drug-likeness (QED) is 0.366. The molecular formula is C19H10BrCl2F3N4O. The van der Waals surface area contributed by atoms with E-state index >= 15 is 0 Å². The molecule has 3 aromatic rings. The maximum Gasteiger partial charge on any atom is 0.416 e. The highest BCUT2D eigenvalue weighted by atomic mass is 79.9. The Morgan fingerprint density at radius 1 is 1.20 bits per heavy atom. The second kappa shape index (κ2) is 8.68. The third kappa shape index (κ3) is 4.46. The lowest BCUT2D eigenvalue weighted by atomic mass is 10.2. The summed E-state index contributed by atoms with van der Waals surface area (Å²) in [7, 11) is 1.54. The number of aliphatic imine (C=N–C) groups is 1. The van der Waals surface area contributed by atoms with Crippen LogP contribution in [-0.4, -0.2) is 23.1 Å². The molecule has 30 heavy (non-hydrogen) atoms. The molecule has 0 aliphatic heterocycles. The van der Waals surface area contributed by atoms with Gasteiger partial charge in [-0.3, -0.25) is 0 Å². The van der Waals surface area contributed by atoms with Gasteiger partial charge in [0.25, 0.3) is 0 Å². The maximum atomic E-state index is 13.0. The molecule has 0 N–H and O–H groups in total. The number of benzene rings is 2. The summed E-state index contributed by atoms with van der Waals surface area (Å²) in [6, 6.07) is 10.3. The molecular weight excluding hydrogens is 508 g/mol. The smallest absolute Gasteiger partial charge is 0.416 e. The first kappa shape index (κ1) is 22.2. The van der Waals surface area contributed by atoms with Gasteiger partial charge in [0.2, 0.25) is 0 Å². The highest BCUT2D eigenvalue weighted by Crippen LogP contribution is 2.40. The standard InChI is InChI=1S/C19H10BrCl2F3N4O/c1-30-12-4-2-10(3-5-12)9-27-18-16(20)15(8-26)28-29(18)17-13(21)6-11(7-14(17)22)19(23,24)25/h2-7,9H,1H3. The number of halogens is 6. The van der Waals surface area contributed by atoms with E-state index in [0.29, 0.717) is 11.3 Å². The van der Waals surface area contributed by atoms with Crippen molar-refractivity contribution < 1.29 is 17.9 Å². The maximum absolute atomic E-state index is 13.0. The van der Waals surface area contributed by atoms with E-state index < -0.39 is 11.7 Å². The summed E-state index contributed by atoms with van der Waals surface area (Å²) >= 11 is 15.4. The Morgan fingerprint density at radius 3 is 2.30 bits per heavy atom. The van der Waals surface area contributed by atoms with Crippen LogP contribution in [0.1, 0.15) is 16.8 Å². The first-order chi connectivity index (χ1) is 14.2. The normalized spacial score (nSPS) is 11.7. The molecule has 0 amide bonds. The largest absolute Gasteiger partial charge is 0.497 e. The SMILES string of the molecule is COc1ccc(C=Nc2c(Br)c(C#N)nn2-c2c(Cl)cc(C(F)(F)F)cc2Cl)cc1. The van der Waals surface area contributed by atoms with Crippen LogP contribution in [0, 0.1) is 11.3 Å². The number of ether oxygens (including phenoxy) is 1. The number of nitriles is 1. The number of nitrogens with zero attached hydrogens (tertiary/aromatic N) is 4. The van der Waals surface area contributed by atoms with Crippen molar-refractivity contribution in [2.75, 3.05) is 7.11 Å². The van der Waals surface area contributed by atoms with Crippen LogP contribution < -0.4 is 4.74 Å². The average molecular weight is 518 g/mol. The molecule has 3 rings (SSSR count). The Balaban J connectivity index is 2.13. The zero-order valence-corrected chi connectivity index (χ0v) is 18.1. The lowest BCUT2D eigenvalue weighted by Crippen LogP contribution is -2.07. The van der Waals surface area contributed by atoms with Crippen molar-refractivity contribution in [2.45, 2.75) is 6.18 Å². The van der Waals surface area contributed by atoms with E-state index in [0.717, 1.165) is 16.8 Å². The van der Waals surface area contributed by atoms with Crippen molar-refractivity contribution in [3.8, 4) is 17.5 Å². The van der Waals surface area contributed by atoms with Crippen LogP contribution in [0.4, 0.5) is 19.0 Å². The van der Waals surface area contributed by atoms with Gasteiger partial charge < -0.3 is 4.74 Å². The molecule has 0 aliphatic carbocycles. The van der Waals surface area contributed by atoms with Crippen molar-refractivity contribution in [3.05, 3.63) is 67.7 Å². The minimum atomic E-state index is -4.62. The highest BCUT2D eigenvalue weighted by molar-refractivity contribution is 9.10. The molecule has 1 aromatic heterocycles. The van der Waals surface area contributed by atoms with Gasteiger partial charge in [-0.2, -0.15) is 23.5 Å². The van der Waals surface area contributed by atoms with Gasteiger partial charge in [-0.25, -0.2) is 9.67 Å². The van der Waals surface area contributed by atoms with Gasteiger partial charge in [-0.15, -0.1) is 0 Å². The Kier molecular flexibility index (Phi) is 6.41. The van der Waals surface area contributed by atoms with Gasteiger partial charge in [0, 0.05) is 6.21 Å². The van der Waals surface area contributed by atoms with E-state index in [1.54, 1.807) is 31.4 Å². The molecule has 1 heterocycles. The first-order valence-corrected chi connectivity index (χ1v) is 9.64. The fraction of sp³-hybridized carbons (Fsp3) is 0.105. The average Bonchev–Trinajstić information content (AvgIpc) is 3.00. The molecule has 0 radical (unpaired) electrons. The molecule has 0 aliphatic rings. The molecule has 0 spiro atoms. The molecule has 0 atom stereocenters. The van der Waals surface area contributed by atoms with Crippen LogP contribution >= 0.6 is 39.1 Å². The minimum absolute atomic E-state index is 0.0320. The van der Waals surface area contributed by atoms with Crippen molar-refractivity contribution in [3.63, 3.8) is 0 Å². The van der Waals surface area contributed by atoms with Crippen molar-refractivity contribution in [2.24, 2.45) is 4.99 Å². The van der Waals surface area contributed by atoms with Gasteiger partial charge >= 0.3 is 6.18 Å². The van der Waals surface area contributed by atoms with E-state index in [4.69, 9.17) is 27.9 Å². The van der Waals surface area contributed by atoms with Crippen molar-refractivity contribution >= 4 is 51.2 Å². The molecule has 0 saturated carbocycles. The van der Waals surface area contributed by atoms with Crippen LogP contribution in [0.3, 0.4) is 0 Å². The Labute approximate surface area is 187 Å². The van der Waals surface area contributed by atoms with E-state index in [1.165, 1.54) is 6.21 Å². The second-order valence-electron chi connectivity index (χ2n) is 5.83. The van der Waals surface area contributed by atoms with Gasteiger partial charge in [-0.05, 0) is 57.9 Å². The monoisotopic (exact) mass is 516 g/mol. The molecule has 2 aromatic carbocycles. The van der Waals surface area contributed by atoms with E-state index in [-0.39, 0.29) is 31.7 Å². The van der Waals surface area contributed by atoms with Crippen LogP contribution in [0.2, 0.25) is 10.0 Å². The van der Waals surface area contributed by atoms with E-state index in [9.17, 15) is 18.4 Å². The summed E-state index contributed by atoms with van der Waals surface area (Å²) in [5.74, 6) is 0.791. The Morgan fingerprint density at radius 2 is 1.80 bits per heavy atom. The van der Waals surface area contributed by atoms with Crippen molar-refractivity contribution in [1.82, 2.24) is 9.78 Å². The third-order valence-electron chi connectivity index (χ3n) is 3.92.